The van der Waals surface area contributed by atoms with Gasteiger partial charge in [-0.1, -0.05) is 6.92 Å². The number of nitrogens with zero attached hydrogens (tertiary/aromatic N) is 1. The molecule has 0 unspecified atom stereocenters. The molecule has 40 heavy (non-hydrogen) atoms. The quantitative estimate of drug-likeness (QED) is 0.181. The van der Waals surface area contributed by atoms with Gasteiger partial charge in [-0.25, -0.2) is 0 Å². The fourth-order valence-electron chi connectivity index (χ4n) is 5.10. The number of H-pyrrole nitrogens is 1. The van der Waals surface area contributed by atoms with Crippen LogP contribution in [0.5, 0.6) is 0 Å². The molecule has 3 aliphatic carbocycles. The monoisotopic (exact) mass is 553 g/mol. The Morgan fingerprint density at radius 3 is 2.50 bits per heavy atom. The lowest BCUT2D eigenvalue weighted by Crippen LogP contribution is -2.74. The van der Waals surface area contributed by atoms with Gasteiger partial charge in [0.1, 0.15) is 24.0 Å². The van der Waals surface area contributed by atoms with Crippen LogP contribution >= 0.6 is 0 Å². The van der Waals surface area contributed by atoms with Crippen LogP contribution < -0.4 is 32.6 Å². The number of carbonyl (C=O) groups is 6. The minimum absolute atomic E-state index is 0.00432. The second-order valence-corrected chi connectivity index (χ2v) is 10.2. The summed E-state index contributed by atoms with van der Waals surface area (Å²) in [5.41, 5.74) is 4.19. The molecule has 0 saturated heterocycles. The Bertz CT molecular complexity index is 1440. The second-order valence-electron chi connectivity index (χ2n) is 10.2. The molecule has 5 rings (SSSR count). The van der Waals surface area contributed by atoms with Crippen LogP contribution in [0.2, 0.25) is 0 Å². The molecule has 2 bridgehead atoms. The number of anilines is 1. The lowest BCUT2D eigenvalue weighted by Gasteiger charge is -2.67. The number of amides is 5. The number of Topliss-reactive ketones (excluding diaryl/α,β-unsaturated/α-hetero) is 1. The van der Waals surface area contributed by atoms with Crippen molar-refractivity contribution in [2.45, 2.75) is 50.7 Å². The average Bonchev–Trinajstić information content (AvgIpc) is 3.41. The Labute approximate surface area is 228 Å². The molecule has 0 spiro atoms. The summed E-state index contributed by atoms with van der Waals surface area (Å²) in [4.78, 5) is 89.1. The maximum atomic E-state index is 13.2. The zero-order valence-corrected chi connectivity index (χ0v) is 22.0. The summed E-state index contributed by atoms with van der Waals surface area (Å²) in [6.07, 6.45) is 3.88. The molecule has 2 atom stereocenters. The summed E-state index contributed by atoms with van der Waals surface area (Å²) in [5, 5.41) is 10.1. The van der Waals surface area contributed by atoms with Crippen molar-refractivity contribution in [1.82, 2.24) is 25.5 Å². The highest BCUT2D eigenvalue weighted by atomic mass is 16.2. The minimum Gasteiger partial charge on any atom is -0.364 e. The predicted molar refractivity (Wildman–Crippen MR) is 141 cm³/mol. The van der Waals surface area contributed by atoms with Crippen molar-refractivity contribution in [3.8, 4) is 0 Å². The first kappa shape index (κ1) is 28.3. The Morgan fingerprint density at radius 2 is 1.93 bits per heavy atom. The lowest BCUT2D eigenvalue weighted by molar-refractivity contribution is -0.151. The minimum atomic E-state index is -1.34. The molecule has 212 valence electrons. The van der Waals surface area contributed by atoms with E-state index in [1.807, 2.05) is 0 Å². The fraction of sp³-hybridized carbons (Fsp3) is 0.423. The number of pyridine rings is 1. The highest BCUT2D eigenvalue weighted by Crippen LogP contribution is 2.61. The van der Waals surface area contributed by atoms with Crippen LogP contribution in [0.15, 0.2) is 35.4 Å². The van der Waals surface area contributed by atoms with Crippen molar-refractivity contribution >= 4 is 41.0 Å². The maximum Gasteiger partial charge on any atom is 0.287 e. The van der Waals surface area contributed by atoms with Crippen LogP contribution in [0, 0.1) is 11.8 Å². The van der Waals surface area contributed by atoms with Crippen molar-refractivity contribution in [3.63, 3.8) is 0 Å². The van der Waals surface area contributed by atoms with Crippen molar-refractivity contribution < 1.29 is 28.8 Å². The molecule has 0 aromatic carbocycles. The molecule has 0 radical (unpaired) electrons. The Kier molecular flexibility index (Phi) is 7.89. The Morgan fingerprint density at radius 1 is 1.20 bits per heavy atom. The molecule has 3 fully saturated rings. The van der Waals surface area contributed by atoms with E-state index in [4.69, 9.17) is 5.73 Å². The zero-order valence-electron chi connectivity index (χ0n) is 22.0. The van der Waals surface area contributed by atoms with Gasteiger partial charge in [-0.3, -0.25) is 33.6 Å². The smallest absolute Gasteiger partial charge is 0.287 e. The number of likely N-dealkylation sites (N-methyl/N-ethyl adjacent to an activating group) is 1. The van der Waals surface area contributed by atoms with E-state index in [2.05, 4.69) is 33.2 Å². The molecule has 0 aliphatic heterocycles. The summed E-state index contributed by atoms with van der Waals surface area (Å²) < 4.78 is 1.16. The predicted octanol–water partition coefficient (Wildman–Crippen LogP) is -0.978. The lowest BCUT2D eigenvalue weighted by atomic mass is 9.43. The number of primary amides is 1. The molecule has 2 aromatic heterocycles. The van der Waals surface area contributed by atoms with Crippen LogP contribution in [-0.4, -0.2) is 63.5 Å². The molecule has 14 heteroatoms. The standard InChI is InChI=1S/C26H31N7O7/c1-13-15-9-26(13,10-15)32-20(35)12-33-7-3-4-17(25(33)40)31-23(38)16(5-6-19(34)24(39)28-2)30-22(37)14-8-18(21(27)36)29-11-14/h3-4,7-8,11,13,15-16,29H,5-6,9-10,12H2,1-2H3,(H2,27,36)(H,28,39)(H,30,37)(H,31,38)(H,32,35)/t13-,15?,16-,26?/m0/s1. The van der Waals surface area contributed by atoms with Crippen LogP contribution in [-0.2, 0) is 25.7 Å². The first-order chi connectivity index (χ1) is 18.9. The molecular formula is C26H31N7O7. The van der Waals surface area contributed by atoms with Crippen LogP contribution in [0.3, 0.4) is 0 Å². The summed E-state index contributed by atoms with van der Waals surface area (Å²) in [6, 6.07) is 2.69. The molecule has 14 nitrogen and oxygen atoms in total. The van der Waals surface area contributed by atoms with Crippen molar-refractivity contribution in [3.05, 3.63) is 52.2 Å². The number of nitrogens with two attached hydrogens (primary N) is 1. The third kappa shape index (κ3) is 5.65. The van der Waals surface area contributed by atoms with Crippen LogP contribution in [0.4, 0.5) is 5.69 Å². The summed E-state index contributed by atoms with van der Waals surface area (Å²) in [5.74, 6) is -3.31. The van der Waals surface area contributed by atoms with Gasteiger partial charge in [0.2, 0.25) is 17.6 Å². The number of nitrogens with one attached hydrogen (secondary N) is 5. The summed E-state index contributed by atoms with van der Waals surface area (Å²) in [7, 11) is 1.28. The average molecular weight is 554 g/mol. The molecule has 3 saturated carbocycles. The van der Waals surface area contributed by atoms with Gasteiger partial charge in [0.05, 0.1) is 5.56 Å². The van der Waals surface area contributed by atoms with Crippen molar-refractivity contribution in [1.29, 1.82) is 0 Å². The van der Waals surface area contributed by atoms with E-state index >= 15 is 0 Å². The number of ketones is 1. The van der Waals surface area contributed by atoms with Crippen molar-refractivity contribution in [2.24, 2.45) is 17.6 Å². The van der Waals surface area contributed by atoms with Crippen LogP contribution in [0.25, 0.3) is 0 Å². The van der Waals surface area contributed by atoms with Crippen LogP contribution in [0.1, 0.15) is 53.5 Å². The van der Waals surface area contributed by atoms with Gasteiger partial charge in [-0.2, -0.15) is 0 Å². The summed E-state index contributed by atoms with van der Waals surface area (Å²) in [6.45, 7) is 1.85. The molecule has 3 aliphatic rings. The van der Waals surface area contributed by atoms with E-state index in [1.165, 1.54) is 37.6 Å². The van der Waals surface area contributed by atoms with E-state index in [9.17, 15) is 33.6 Å². The Hall–Kier alpha value is -4.75. The zero-order chi connectivity index (χ0) is 29.2. The SMILES string of the molecule is CNC(=O)C(=O)CC[C@H](NC(=O)c1c[nH]c(C(N)=O)c1)C(=O)Nc1cccn(CC(=O)NC23CC(C2)[C@@H]3C)c1=O. The van der Waals surface area contributed by atoms with E-state index in [0.717, 1.165) is 17.4 Å². The maximum absolute atomic E-state index is 13.2. The second kappa shape index (κ2) is 11.2. The summed E-state index contributed by atoms with van der Waals surface area (Å²) >= 11 is 0. The first-order valence-electron chi connectivity index (χ1n) is 12.8. The van der Waals surface area contributed by atoms with Gasteiger partial charge >= 0.3 is 0 Å². The van der Waals surface area contributed by atoms with E-state index in [-0.39, 0.29) is 47.8 Å². The normalized spacial score (nSPS) is 21.1. The molecule has 7 N–H and O–H groups in total. The third-order valence-corrected chi connectivity index (χ3v) is 7.78. The van der Waals surface area contributed by atoms with Gasteiger partial charge in [-0.05, 0) is 49.3 Å². The van der Waals surface area contributed by atoms with Crippen molar-refractivity contribution in [2.75, 3.05) is 12.4 Å². The van der Waals surface area contributed by atoms with E-state index < -0.39 is 41.0 Å². The fourth-order valence-corrected chi connectivity index (χ4v) is 5.10. The molecule has 2 heterocycles. The van der Waals surface area contributed by atoms with Gasteiger partial charge in [0.25, 0.3) is 23.3 Å². The van der Waals surface area contributed by atoms with Gasteiger partial charge in [-0.15, -0.1) is 0 Å². The largest absolute Gasteiger partial charge is 0.364 e. The van der Waals surface area contributed by atoms with Gasteiger partial charge in [0.15, 0.2) is 0 Å². The molecule has 5 amide bonds. The number of rotatable bonds is 12. The van der Waals surface area contributed by atoms with Gasteiger partial charge in [0, 0.05) is 31.4 Å². The topological polar surface area (TPSA) is 214 Å². The van der Waals surface area contributed by atoms with E-state index in [1.54, 1.807) is 0 Å². The number of hydrogen-bond acceptors (Lipinski definition) is 7. The molecular weight excluding hydrogens is 522 g/mol. The van der Waals surface area contributed by atoms with E-state index in [0.29, 0.717) is 11.8 Å². The highest BCUT2D eigenvalue weighted by Gasteiger charge is 2.63. The number of aromatic nitrogens is 2. The number of aromatic amines is 1. The number of carbonyl (C=O) groups excluding carboxylic acids is 6. The Balaban J connectivity index is 1.45. The first-order valence-corrected chi connectivity index (χ1v) is 12.8. The third-order valence-electron chi connectivity index (χ3n) is 7.78. The van der Waals surface area contributed by atoms with Gasteiger partial charge < -0.3 is 36.6 Å². The highest BCUT2D eigenvalue weighted by molar-refractivity contribution is 6.36. The number of hydrogen-bond donors (Lipinski definition) is 6. The molecule has 2 aromatic rings.